The average molecular weight is 234 g/mol. The molecular formula is C11H11FN4O. The van der Waals surface area contributed by atoms with Gasteiger partial charge in [-0.05, 0) is 24.6 Å². The van der Waals surface area contributed by atoms with Crippen LogP contribution in [0.3, 0.4) is 0 Å². The molecule has 6 heteroatoms. The second-order valence-corrected chi connectivity index (χ2v) is 3.58. The Morgan fingerprint density at radius 2 is 2.29 bits per heavy atom. The lowest BCUT2D eigenvalue weighted by molar-refractivity contribution is 0.318. The Balaban J connectivity index is 2.66. The number of hydrogen-bond acceptors (Lipinski definition) is 3. The van der Waals surface area contributed by atoms with Crippen molar-refractivity contribution >= 4 is 5.84 Å². The van der Waals surface area contributed by atoms with E-state index in [9.17, 15) is 4.39 Å². The van der Waals surface area contributed by atoms with Crippen LogP contribution >= 0.6 is 0 Å². The lowest BCUT2D eigenvalue weighted by Gasteiger charge is -2.08. The molecule has 0 amide bonds. The summed E-state index contributed by atoms with van der Waals surface area (Å²) in [6, 6.07) is 4.42. The van der Waals surface area contributed by atoms with Gasteiger partial charge in [-0.1, -0.05) is 11.2 Å². The zero-order chi connectivity index (χ0) is 12.4. The molecule has 0 aliphatic carbocycles. The van der Waals surface area contributed by atoms with Crippen LogP contribution in [0, 0.1) is 12.7 Å². The fourth-order valence-corrected chi connectivity index (χ4v) is 1.55. The van der Waals surface area contributed by atoms with Crippen LogP contribution in [0.4, 0.5) is 4.39 Å². The second-order valence-electron chi connectivity index (χ2n) is 3.58. The first-order chi connectivity index (χ1) is 8.13. The minimum atomic E-state index is -0.564. The average Bonchev–Trinajstić information content (AvgIpc) is 2.74. The highest BCUT2D eigenvalue weighted by molar-refractivity contribution is 6.00. The fourth-order valence-electron chi connectivity index (χ4n) is 1.55. The van der Waals surface area contributed by atoms with E-state index < -0.39 is 5.82 Å². The first-order valence-corrected chi connectivity index (χ1v) is 4.91. The van der Waals surface area contributed by atoms with Crippen LogP contribution in [0.1, 0.15) is 11.1 Å². The highest BCUT2D eigenvalue weighted by Gasteiger charge is 2.14. The molecule has 0 atom stereocenters. The number of aromatic nitrogens is 2. The maximum absolute atomic E-state index is 13.7. The molecule has 1 aromatic carbocycles. The van der Waals surface area contributed by atoms with Gasteiger partial charge in [0.25, 0.3) is 0 Å². The van der Waals surface area contributed by atoms with Gasteiger partial charge >= 0.3 is 0 Å². The molecule has 5 nitrogen and oxygen atoms in total. The topological polar surface area (TPSA) is 76.4 Å². The molecule has 0 spiro atoms. The minimum Gasteiger partial charge on any atom is -0.409 e. The van der Waals surface area contributed by atoms with E-state index >= 15 is 0 Å². The summed E-state index contributed by atoms with van der Waals surface area (Å²) in [7, 11) is 0. The van der Waals surface area contributed by atoms with Crippen LogP contribution in [-0.4, -0.2) is 20.8 Å². The van der Waals surface area contributed by atoms with Crippen molar-refractivity contribution in [1.82, 2.24) is 9.78 Å². The molecule has 1 heterocycles. The van der Waals surface area contributed by atoms with Gasteiger partial charge in [0.2, 0.25) is 0 Å². The summed E-state index contributed by atoms with van der Waals surface area (Å²) >= 11 is 0. The highest BCUT2D eigenvalue weighted by Crippen LogP contribution is 2.17. The van der Waals surface area contributed by atoms with Crippen LogP contribution in [0.2, 0.25) is 0 Å². The van der Waals surface area contributed by atoms with Crippen LogP contribution < -0.4 is 5.73 Å². The predicted octanol–water partition coefficient (Wildman–Crippen LogP) is 1.41. The number of benzene rings is 1. The summed E-state index contributed by atoms with van der Waals surface area (Å²) in [4.78, 5) is 0. The number of oxime groups is 1. The summed E-state index contributed by atoms with van der Waals surface area (Å²) in [5.41, 5.74) is 6.84. The van der Waals surface area contributed by atoms with Gasteiger partial charge in [-0.2, -0.15) is 5.10 Å². The minimum absolute atomic E-state index is 0.0260. The van der Waals surface area contributed by atoms with Crippen molar-refractivity contribution in [1.29, 1.82) is 0 Å². The van der Waals surface area contributed by atoms with Gasteiger partial charge in [0.05, 0.1) is 17.4 Å². The molecule has 88 valence electrons. The van der Waals surface area contributed by atoms with Gasteiger partial charge in [-0.15, -0.1) is 0 Å². The van der Waals surface area contributed by atoms with Gasteiger partial charge < -0.3 is 10.9 Å². The SMILES string of the molecule is Cc1cnn(-c2cccc(F)c2C(N)=NO)c1. The van der Waals surface area contributed by atoms with E-state index in [1.165, 1.54) is 16.8 Å². The fraction of sp³-hybridized carbons (Fsp3) is 0.0909. The van der Waals surface area contributed by atoms with E-state index in [1.807, 2.05) is 6.92 Å². The summed E-state index contributed by atoms with van der Waals surface area (Å²) in [5.74, 6) is -0.850. The first-order valence-electron chi connectivity index (χ1n) is 4.91. The number of aryl methyl sites for hydroxylation is 1. The highest BCUT2D eigenvalue weighted by atomic mass is 19.1. The lowest BCUT2D eigenvalue weighted by atomic mass is 10.1. The third-order valence-electron chi connectivity index (χ3n) is 2.31. The Kier molecular flexibility index (Phi) is 2.78. The predicted molar refractivity (Wildman–Crippen MR) is 60.8 cm³/mol. The molecule has 2 rings (SSSR count). The van der Waals surface area contributed by atoms with Gasteiger partial charge in [-0.3, -0.25) is 0 Å². The number of amidine groups is 1. The Morgan fingerprint density at radius 3 is 2.88 bits per heavy atom. The number of rotatable bonds is 2. The van der Waals surface area contributed by atoms with E-state index in [4.69, 9.17) is 10.9 Å². The number of nitrogens with two attached hydrogens (primary N) is 1. The van der Waals surface area contributed by atoms with Crippen molar-refractivity contribution in [2.75, 3.05) is 0 Å². The zero-order valence-corrected chi connectivity index (χ0v) is 9.13. The summed E-state index contributed by atoms with van der Waals surface area (Å²) in [6.45, 7) is 1.87. The van der Waals surface area contributed by atoms with E-state index in [-0.39, 0.29) is 11.4 Å². The number of halogens is 1. The van der Waals surface area contributed by atoms with Crippen LogP contribution in [0.15, 0.2) is 35.7 Å². The summed E-state index contributed by atoms with van der Waals surface area (Å²) in [5, 5.41) is 15.5. The Labute approximate surface area is 97.0 Å². The summed E-state index contributed by atoms with van der Waals surface area (Å²) < 4.78 is 15.1. The molecule has 1 aromatic heterocycles. The van der Waals surface area contributed by atoms with E-state index in [2.05, 4.69) is 10.3 Å². The van der Waals surface area contributed by atoms with Gasteiger partial charge in [0.15, 0.2) is 5.84 Å². The van der Waals surface area contributed by atoms with Crippen molar-refractivity contribution < 1.29 is 9.60 Å². The first kappa shape index (κ1) is 11.1. The monoisotopic (exact) mass is 234 g/mol. The van der Waals surface area contributed by atoms with E-state index in [0.717, 1.165) is 5.56 Å². The Bertz CT molecular complexity index is 577. The van der Waals surface area contributed by atoms with Crippen LogP contribution in [0.25, 0.3) is 5.69 Å². The lowest BCUT2D eigenvalue weighted by Crippen LogP contribution is -2.18. The van der Waals surface area contributed by atoms with Gasteiger partial charge in [0.1, 0.15) is 5.82 Å². The maximum Gasteiger partial charge on any atom is 0.175 e. The van der Waals surface area contributed by atoms with E-state index in [0.29, 0.717) is 5.69 Å². The molecule has 3 N–H and O–H groups in total. The Morgan fingerprint density at radius 1 is 1.53 bits per heavy atom. The standard InChI is InChI=1S/C11H11FN4O/c1-7-5-14-16(6-7)9-4-2-3-8(12)10(9)11(13)15-17/h2-6,17H,1H3,(H2,13,15). The van der Waals surface area contributed by atoms with Gasteiger partial charge in [0, 0.05) is 6.20 Å². The third kappa shape index (κ3) is 1.96. The quantitative estimate of drug-likeness (QED) is 0.357. The van der Waals surface area contributed by atoms with Crippen LogP contribution in [-0.2, 0) is 0 Å². The smallest absolute Gasteiger partial charge is 0.175 e. The van der Waals surface area contributed by atoms with Crippen molar-refractivity contribution in [3.05, 3.63) is 47.5 Å². The van der Waals surface area contributed by atoms with Crippen molar-refractivity contribution in [3.63, 3.8) is 0 Å². The molecule has 0 aliphatic heterocycles. The molecule has 0 aliphatic rings. The molecule has 0 fully saturated rings. The molecule has 17 heavy (non-hydrogen) atoms. The summed E-state index contributed by atoms with van der Waals surface area (Å²) in [6.07, 6.45) is 3.36. The normalized spacial score (nSPS) is 11.8. The maximum atomic E-state index is 13.7. The van der Waals surface area contributed by atoms with Crippen molar-refractivity contribution in [2.45, 2.75) is 6.92 Å². The van der Waals surface area contributed by atoms with Crippen molar-refractivity contribution in [3.8, 4) is 5.69 Å². The second kappa shape index (κ2) is 4.25. The number of nitrogens with zero attached hydrogens (tertiary/aromatic N) is 3. The third-order valence-corrected chi connectivity index (χ3v) is 2.31. The molecule has 0 saturated carbocycles. The zero-order valence-electron chi connectivity index (χ0n) is 9.13. The van der Waals surface area contributed by atoms with Crippen molar-refractivity contribution in [2.24, 2.45) is 10.9 Å². The molecule has 0 saturated heterocycles. The largest absolute Gasteiger partial charge is 0.409 e. The van der Waals surface area contributed by atoms with E-state index in [1.54, 1.807) is 18.5 Å². The van der Waals surface area contributed by atoms with Crippen LogP contribution in [0.5, 0.6) is 0 Å². The Hall–Kier alpha value is -2.37. The molecule has 0 radical (unpaired) electrons. The molecule has 0 unspecified atom stereocenters. The molecular weight excluding hydrogens is 223 g/mol. The number of hydrogen-bond donors (Lipinski definition) is 2. The molecule has 2 aromatic rings. The molecule has 0 bridgehead atoms. The van der Waals surface area contributed by atoms with Gasteiger partial charge in [-0.25, -0.2) is 9.07 Å².